The van der Waals surface area contributed by atoms with Gasteiger partial charge in [-0.15, -0.1) is 0 Å². The Bertz CT molecular complexity index is 614. The van der Waals surface area contributed by atoms with Crippen molar-refractivity contribution in [1.29, 1.82) is 0 Å². The van der Waals surface area contributed by atoms with Gasteiger partial charge in [0.05, 0.1) is 11.2 Å². The smallest absolute Gasteiger partial charge is 0.0923 e. The van der Waals surface area contributed by atoms with Crippen molar-refractivity contribution < 1.29 is 0 Å². The van der Waals surface area contributed by atoms with Gasteiger partial charge in [0.15, 0.2) is 0 Å². The highest BCUT2D eigenvalue weighted by Gasteiger charge is 2.29. The summed E-state index contributed by atoms with van der Waals surface area (Å²) in [6, 6.07) is 19.3. The van der Waals surface area contributed by atoms with Crippen LogP contribution < -0.4 is 0 Å². The number of thiocarbonyl (C=S) groups is 1. The predicted molar refractivity (Wildman–Crippen MR) is 81.7 cm³/mol. The number of aliphatic imine (C=N–C) groups is 1. The van der Waals surface area contributed by atoms with E-state index in [2.05, 4.69) is 64.8 Å². The summed E-state index contributed by atoms with van der Waals surface area (Å²) in [5, 5.41) is 2.59. The summed E-state index contributed by atoms with van der Waals surface area (Å²) < 4.78 is 0. The highest BCUT2D eigenvalue weighted by molar-refractivity contribution is 7.78. The summed E-state index contributed by atoms with van der Waals surface area (Å²) in [7, 11) is 0. The molecule has 94 valence electrons. The average Bonchev–Trinajstić information content (AvgIpc) is 2.49. The number of hydrogen-bond acceptors (Lipinski definition) is 2. The molecule has 0 fully saturated rings. The lowest BCUT2D eigenvalue weighted by molar-refractivity contribution is 0.490. The molecular weight excluding hydrogens is 250 g/mol. The Morgan fingerprint density at radius 1 is 1.00 bits per heavy atom. The Balaban J connectivity index is 2.06. The second kappa shape index (κ2) is 5.48. The lowest BCUT2D eigenvalue weighted by Gasteiger charge is -2.30. The minimum Gasteiger partial charge on any atom is -0.224 e. The molecule has 1 nitrogen and oxygen atoms in total. The predicted octanol–water partition coefficient (Wildman–Crippen LogP) is 4.56. The monoisotopic (exact) mass is 265 g/mol. The maximum absolute atomic E-state index is 4.85. The van der Waals surface area contributed by atoms with Crippen molar-refractivity contribution in [1.82, 2.24) is 0 Å². The molecule has 0 radical (unpaired) electrons. The molecule has 0 amide bonds. The number of fused-ring (bicyclic) bond motifs is 1. The van der Waals surface area contributed by atoms with Crippen LogP contribution in [0, 0.1) is 0 Å². The summed E-state index contributed by atoms with van der Waals surface area (Å²) in [6.07, 6.45) is 2.23. The molecule has 19 heavy (non-hydrogen) atoms. The number of nitrogens with zero attached hydrogens (tertiary/aromatic N) is 1. The van der Waals surface area contributed by atoms with Crippen molar-refractivity contribution in [2.75, 3.05) is 0 Å². The zero-order chi connectivity index (χ0) is 13.1. The van der Waals surface area contributed by atoms with Crippen molar-refractivity contribution in [3.63, 3.8) is 0 Å². The van der Waals surface area contributed by atoms with Gasteiger partial charge < -0.3 is 0 Å². The van der Waals surface area contributed by atoms with Crippen molar-refractivity contribution >= 4 is 17.4 Å². The van der Waals surface area contributed by atoms with Crippen LogP contribution in [0.2, 0.25) is 0 Å². The summed E-state index contributed by atoms with van der Waals surface area (Å²) in [4.78, 5) is 4.45. The third-order valence-corrected chi connectivity index (χ3v) is 4.00. The summed E-state index contributed by atoms with van der Waals surface area (Å²) in [5.74, 6) is 0.409. The molecular formula is C17H15NS. The first-order valence-electron chi connectivity index (χ1n) is 6.60. The molecule has 2 unspecified atom stereocenters. The van der Waals surface area contributed by atoms with E-state index >= 15 is 0 Å². The Kier molecular flexibility index (Phi) is 3.54. The van der Waals surface area contributed by atoms with Gasteiger partial charge >= 0.3 is 0 Å². The molecule has 2 aromatic rings. The molecule has 0 aliphatic heterocycles. The minimum absolute atomic E-state index is 0.116. The summed E-state index contributed by atoms with van der Waals surface area (Å²) in [6.45, 7) is 0. The first-order chi connectivity index (χ1) is 9.40. The molecule has 0 bridgehead atoms. The molecule has 1 aliphatic carbocycles. The van der Waals surface area contributed by atoms with Gasteiger partial charge in [-0.2, -0.15) is 0 Å². The topological polar surface area (TPSA) is 12.4 Å². The first kappa shape index (κ1) is 12.3. The van der Waals surface area contributed by atoms with E-state index in [1.165, 1.54) is 16.7 Å². The lowest BCUT2D eigenvalue weighted by atomic mass is 9.76. The van der Waals surface area contributed by atoms with E-state index in [0.717, 1.165) is 12.8 Å². The average molecular weight is 265 g/mol. The van der Waals surface area contributed by atoms with Crippen LogP contribution in [-0.4, -0.2) is 5.16 Å². The van der Waals surface area contributed by atoms with Gasteiger partial charge in [0.25, 0.3) is 0 Å². The van der Waals surface area contributed by atoms with Crippen LogP contribution in [0.4, 0.5) is 0 Å². The highest BCUT2D eigenvalue weighted by atomic mass is 32.1. The van der Waals surface area contributed by atoms with Crippen molar-refractivity contribution in [3.05, 3.63) is 71.3 Å². The third kappa shape index (κ3) is 2.37. The molecule has 0 saturated carbocycles. The summed E-state index contributed by atoms with van der Waals surface area (Å²) in [5.41, 5.74) is 4.05. The van der Waals surface area contributed by atoms with E-state index in [-0.39, 0.29) is 6.04 Å². The second-order valence-corrected chi connectivity index (χ2v) is 5.10. The summed E-state index contributed by atoms with van der Waals surface area (Å²) >= 11 is 4.85. The number of benzene rings is 2. The van der Waals surface area contributed by atoms with Gasteiger partial charge in [0, 0.05) is 5.92 Å². The number of hydrogen-bond donors (Lipinski definition) is 0. The van der Waals surface area contributed by atoms with Crippen LogP contribution in [0.5, 0.6) is 0 Å². The molecule has 2 atom stereocenters. The van der Waals surface area contributed by atoms with Crippen molar-refractivity contribution in [2.24, 2.45) is 4.99 Å². The Hall–Kier alpha value is -1.76. The number of aryl methyl sites for hydroxylation is 1. The molecule has 0 aromatic heterocycles. The van der Waals surface area contributed by atoms with E-state index in [1.54, 1.807) is 0 Å². The maximum atomic E-state index is 4.85. The van der Waals surface area contributed by atoms with Crippen LogP contribution in [-0.2, 0) is 6.42 Å². The van der Waals surface area contributed by atoms with Crippen LogP contribution in [0.3, 0.4) is 0 Å². The Morgan fingerprint density at radius 2 is 1.74 bits per heavy atom. The molecule has 2 aromatic carbocycles. The minimum atomic E-state index is 0.116. The number of rotatable bonds is 2. The normalized spacial score (nSPS) is 21.3. The van der Waals surface area contributed by atoms with Gasteiger partial charge in [0.1, 0.15) is 0 Å². The molecule has 2 heteroatoms. The lowest BCUT2D eigenvalue weighted by Crippen LogP contribution is -2.17. The van der Waals surface area contributed by atoms with Crippen LogP contribution in [0.15, 0.2) is 59.6 Å². The zero-order valence-corrected chi connectivity index (χ0v) is 11.4. The second-order valence-electron chi connectivity index (χ2n) is 4.92. The first-order valence-corrected chi connectivity index (χ1v) is 7.00. The quantitative estimate of drug-likeness (QED) is 0.572. The molecule has 1 aliphatic rings. The molecule has 0 spiro atoms. The fourth-order valence-corrected chi connectivity index (χ4v) is 3.12. The van der Waals surface area contributed by atoms with E-state index in [1.807, 2.05) is 0 Å². The zero-order valence-electron chi connectivity index (χ0n) is 10.6. The Labute approximate surface area is 119 Å². The maximum Gasteiger partial charge on any atom is 0.0923 e. The fourth-order valence-electron chi connectivity index (χ4n) is 3.00. The van der Waals surface area contributed by atoms with Crippen molar-refractivity contribution in [2.45, 2.75) is 24.8 Å². The van der Waals surface area contributed by atoms with Gasteiger partial charge in [-0.1, -0.05) is 54.6 Å². The molecule has 0 heterocycles. The van der Waals surface area contributed by atoms with Gasteiger partial charge in [-0.25, -0.2) is 4.99 Å². The fraction of sp³-hybridized carbons (Fsp3) is 0.235. The van der Waals surface area contributed by atoms with Gasteiger partial charge in [0.2, 0.25) is 0 Å². The standard InChI is InChI=1S/C17H15NS/c19-12-18-17-15-9-5-4-8-14(15)10-11-16(17)13-6-2-1-3-7-13/h1-9,16-17H,10-11H2. The van der Waals surface area contributed by atoms with E-state index in [4.69, 9.17) is 12.2 Å². The van der Waals surface area contributed by atoms with Crippen LogP contribution in [0.25, 0.3) is 0 Å². The number of isothiocyanates is 1. The molecule has 0 N–H and O–H groups in total. The molecule has 3 rings (SSSR count). The van der Waals surface area contributed by atoms with Gasteiger partial charge in [-0.3, -0.25) is 0 Å². The van der Waals surface area contributed by atoms with Crippen LogP contribution in [0.1, 0.15) is 35.1 Å². The Morgan fingerprint density at radius 3 is 2.53 bits per heavy atom. The van der Waals surface area contributed by atoms with E-state index < -0.39 is 0 Å². The largest absolute Gasteiger partial charge is 0.224 e. The van der Waals surface area contributed by atoms with Crippen molar-refractivity contribution in [3.8, 4) is 0 Å². The third-order valence-electron chi connectivity index (χ3n) is 3.90. The molecule has 0 saturated heterocycles. The highest BCUT2D eigenvalue weighted by Crippen LogP contribution is 2.42. The van der Waals surface area contributed by atoms with Gasteiger partial charge in [-0.05, 0) is 41.7 Å². The van der Waals surface area contributed by atoms with E-state index in [9.17, 15) is 0 Å². The van der Waals surface area contributed by atoms with E-state index in [0.29, 0.717) is 5.92 Å². The SMILES string of the molecule is S=C=NC1c2ccccc2CCC1c1ccccc1. The van der Waals surface area contributed by atoms with Crippen LogP contribution >= 0.6 is 12.2 Å².